The van der Waals surface area contributed by atoms with Crippen LogP contribution in [0.15, 0.2) is 39.9 Å². The monoisotopic (exact) mass is 436 g/mol. The molecule has 6 nitrogen and oxygen atoms in total. The number of pyridine rings is 1. The summed E-state index contributed by atoms with van der Waals surface area (Å²) in [7, 11) is 0. The summed E-state index contributed by atoms with van der Waals surface area (Å²) in [5.41, 5.74) is 7.75. The second-order valence-corrected chi connectivity index (χ2v) is 7.72. The first kappa shape index (κ1) is 18.8. The summed E-state index contributed by atoms with van der Waals surface area (Å²) in [6, 6.07) is 7.31. The molecule has 0 radical (unpaired) electrons. The molecule has 2 aromatic rings. The molecule has 1 aromatic heterocycles. The number of halogens is 2. The number of aliphatic imine (C=N–C) groups is 1. The molecule has 0 unspecified atom stereocenters. The van der Waals surface area contributed by atoms with Crippen LogP contribution in [0.3, 0.4) is 0 Å². The maximum absolute atomic E-state index is 12.6. The lowest BCUT2D eigenvalue weighted by Crippen LogP contribution is -2.37. The Hall–Kier alpha value is -1.96. The van der Waals surface area contributed by atoms with E-state index in [0.29, 0.717) is 41.0 Å². The van der Waals surface area contributed by atoms with E-state index >= 15 is 0 Å². The Morgan fingerprint density at radius 2 is 2.15 bits per heavy atom. The number of carbonyl (C=O) groups excluding carboxylic acids is 1. The standard InChI is InChI=1S/C18H18BrClN4O2/c1-10-3-13(20)7-22-16(10)17(25)23-14-5-11(4-12(19)6-14)18(2)9-26-8-15(21)24-18/h3-7H,8-9H2,1-2H3,(H2,21,24)(H,23,25)/t18-/m0/s1. The molecule has 1 atom stereocenters. The number of hydrogen-bond acceptors (Lipinski definition) is 5. The smallest absolute Gasteiger partial charge is 0.274 e. The molecule has 0 spiro atoms. The Labute approximate surface area is 164 Å². The second-order valence-electron chi connectivity index (χ2n) is 6.37. The predicted octanol–water partition coefficient (Wildman–Crippen LogP) is 3.66. The molecule has 1 amide bonds. The Morgan fingerprint density at radius 1 is 1.38 bits per heavy atom. The number of ether oxygens (including phenoxy) is 1. The van der Waals surface area contributed by atoms with Crippen LogP contribution in [0.4, 0.5) is 5.69 Å². The van der Waals surface area contributed by atoms with E-state index < -0.39 is 5.54 Å². The zero-order chi connectivity index (χ0) is 18.9. The van der Waals surface area contributed by atoms with Crippen LogP contribution in [0.2, 0.25) is 5.02 Å². The van der Waals surface area contributed by atoms with Crippen molar-refractivity contribution in [3.8, 4) is 0 Å². The van der Waals surface area contributed by atoms with Gasteiger partial charge in [-0.25, -0.2) is 4.98 Å². The Morgan fingerprint density at radius 3 is 2.85 bits per heavy atom. The van der Waals surface area contributed by atoms with Crippen molar-refractivity contribution in [2.45, 2.75) is 19.4 Å². The zero-order valence-electron chi connectivity index (χ0n) is 14.3. The fraction of sp³-hybridized carbons (Fsp3) is 0.278. The lowest BCUT2D eigenvalue weighted by atomic mass is 9.92. The zero-order valence-corrected chi connectivity index (χ0v) is 16.7. The summed E-state index contributed by atoms with van der Waals surface area (Å²) >= 11 is 9.39. The number of nitrogens with one attached hydrogen (secondary N) is 1. The number of carbonyl (C=O) groups is 1. The number of nitrogens with zero attached hydrogens (tertiary/aromatic N) is 2. The first-order valence-electron chi connectivity index (χ1n) is 7.93. The number of hydrogen-bond donors (Lipinski definition) is 2. The van der Waals surface area contributed by atoms with Gasteiger partial charge in [-0.3, -0.25) is 9.79 Å². The van der Waals surface area contributed by atoms with Crippen LogP contribution in [0.25, 0.3) is 0 Å². The van der Waals surface area contributed by atoms with E-state index in [1.54, 1.807) is 13.0 Å². The van der Waals surface area contributed by atoms with Gasteiger partial charge in [0.1, 0.15) is 23.7 Å². The molecular formula is C18H18BrClN4O2. The van der Waals surface area contributed by atoms with Crippen molar-refractivity contribution in [2.75, 3.05) is 18.5 Å². The third kappa shape index (κ3) is 4.06. The van der Waals surface area contributed by atoms with Gasteiger partial charge in [0.15, 0.2) is 0 Å². The van der Waals surface area contributed by atoms with Crippen LogP contribution in [-0.4, -0.2) is 29.9 Å². The number of amides is 1. The SMILES string of the molecule is Cc1cc(Cl)cnc1C(=O)Nc1cc(Br)cc([C@]2(C)COCC(N)=N2)c1. The maximum Gasteiger partial charge on any atom is 0.274 e. The highest BCUT2D eigenvalue weighted by Crippen LogP contribution is 2.32. The average molecular weight is 438 g/mol. The van der Waals surface area contributed by atoms with E-state index in [-0.39, 0.29) is 5.91 Å². The fourth-order valence-corrected chi connectivity index (χ4v) is 3.53. The third-order valence-corrected chi connectivity index (χ3v) is 4.73. The molecule has 0 saturated carbocycles. The largest absolute Gasteiger partial charge is 0.386 e. The highest BCUT2D eigenvalue weighted by molar-refractivity contribution is 9.10. The number of aromatic nitrogens is 1. The van der Waals surface area contributed by atoms with Gasteiger partial charge in [0.05, 0.1) is 11.6 Å². The number of amidine groups is 1. The number of rotatable bonds is 3. The Balaban J connectivity index is 1.91. The van der Waals surface area contributed by atoms with Gasteiger partial charge in [-0.05, 0) is 49.2 Å². The summed E-state index contributed by atoms with van der Waals surface area (Å²) in [4.78, 5) is 21.2. The normalized spacial score (nSPS) is 19.8. The van der Waals surface area contributed by atoms with E-state index in [4.69, 9.17) is 22.1 Å². The molecule has 0 fully saturated rings. The van der Waals surface area contributed by atoms with E-state index in [1.807, 2.05) is 25.1 Å². The molecular weight excluding hydrogens is 420 g/mol. The summed E-state index contributed by atoms with van der Waals surface area (Å²) in [5.74, 6) is 0.140. The van der Waals surface area contributed by atoms with Gasteiger partial charge >= 0.3 is 0 Å². The molecule has 1 aromatic carbocycles. The van der Waals surface area contributed by atoms with Crippen LogP contribution < -0.4 is 11.1 Å². The summed E-state index contributed by atoms with van der Waals surface area (Å²) in [6.45, 7) is 4.47. The van der Waals surface area contributed by atoms with Crippen LogP contribution in [0, 0.1) is 6.92 Å². The van der Waals surface area contributed by atoms with Crippen molar-refractivity contribution >= 4 is 45.0 Å². The lowest BCUT2D eigenvalue weighted by molar-refractivity contribution is 0.102. The highest BCUT2D eigenvalue weighted by atomic mass is 79.9. The molecule has 0 aliphatic carbocycles. The van der Waals surface area contributed by atoms with Crippen molar-refractivity contribution in [2.24, 2.45) is 10.7 Å². The van der Waals surface area contributed by atoms with E-state index in [2.05, 4.69) is 31.2 Å². The predicted molar refractivity (Wildman–Crippen MR) is 106 cm³/mol. The lowest BCUT2D eigenvalue weighted by Gasteiger charge is -2.30. The molecule has 0 bridgehead atoms. The molecule has 1 aliphatic heterocycles. The van der Waals surface area contributed by atoms with Gasteiger partial charge in [0.2, 0.25) is 0 Å². The molecule has 2 heterocycles. The van der Waals surface area contributed by atoms with Crippen molar-refractivity contribution in [1.29, 1.82) is 0 Å². The minimum absolute atomic E-state index is 0.309. The molecule has 136 valence electrons. The van der Waals surface area contributed by atoms with Crippen molar-refractivity contribution in [3.05, 3.63) is 56.8 Å². The minimum atomic E-state index is -0.611. The fourth-order valence-electron chi connectivity index (χ4n) is 2.82. The van der Waals surface area contributed by atoms with Gasteiger partial charge in [-0.2, -0.15) is 0 Å². The second kappa shape index (κ2) is 7.34. The summed E-state index contributed by atoms with van der Waals surface area (Å²) in [5, 5.41) is 3.36. The molecule has 3 N–H and O–H groups in total. The number of aryl methyl sites for hydroxylation is 1. The van der Waals surface area contributed by atoms with Gasteiger partial charge in [0, 0.05) is 16.4 Å². The topological polar surface area (TPSA) is 89.6 Å². The minimum Gasteiger partial charge on any atom is -0.386 e. The van der Waals surface area contributed by atoms with Crippen LogP contribution in [0.1, 0.15) is 28.5 Å². The number of nitrogens with two attached hydrogens (primary N) is 1. The van der Waals surface area contributed by atoms with E-state index in [0.717, 1.165) is 10.0 Å². The highest BCUT2D eigenvalue weighted by Gasteiger charge is 2.30. The van der Waals surface area contributed by atoms with Gasteiger partial charge < -0.3 is 15.8 Å². The maximum atomic E-state index is 12.6. The van der Waals surface area contributed by atoms with Crippen LogP contribution >= 0.6 is 27.5 Å². The van der Waals surface area contributed by atoms with Crippen molar-refractivity contribution in [1.82, 2.24) is 4.98 Å². The summed E-state index contributed by atoms with van der Waals surface area (Å²) < 4.78 is 6.34. The number of benzene rings is 1. The molecule has 0 saturated heterocycles. The molecule has 1 aliphatic rings. The van der Waals surface area contributed by atoms with E-state index in [9.17, 15) is 4.79 Å². The molecule has 8 heteroatoms. The van der Waals surface area contributed by atoms with Gasteiger partial charge in [-0.1, -0.05) is 27.5 Å². The van der Waals surface area contributed by atoms with Crippen LogP contribution in [-0.2, 0) is 10.3 Å². The quantitative estimate of drug-likeness (QED) is 0.767. The van der Waals surface area contributed by atoms with Crippen LogP contribution in [0.5, 0.6) is 0 Å². The average Bonchev–Trinajstić information content (AvgIpc) is 2.53. The van der Waals surface area contributed by atoms with Gasteiger partial charge in [-0.15, -0.1) is 0 Å². The van der Waals surface area contributed by atoms with Gasteiger partial charge in [0.25, 0.3) is 5.91 Å². The van der Waals surface area contributed by atoms with E-state index in [1.165, 1.54) is 6.20 Å². The first-order chi connectivity index (χ1) is 12.3. The third-order valence-electron chi connectivity index (χ3n) is 4.06. The number of anilines is 1. The Bertz CT molecular complexity index is 903. The molecule has 3 rings (SSSR count). The van der Waals surface area contributed by atoms with Crippen molar-refractivity contribution in [3.63, 3.8) is 0 Å². The Kier molecular flexibility index (Phi) is 5.32. The summed E-state index contributed by atoms with van der Waals surface area (Å²) in [6.07, 6.45) is 1.45. The first-order valence-corrected chi connectivity index (χ1v) is 9.10. The molecule has 26 heavy (non-hydrogen) atoms. The van der Waals surface area contributed by atoms with Crippen molar-refractivity contribution < 1.29 is 9.53 Å².